The Balaban J connectivity index is 1.38. The summed E-state index contributed by atoms with van der Waals surface area (Å²) < 4.78 is 16.0. The number of carbonyl (C=O) groups excluding carboxylic acids is 1. The summed E-state index contributed by atoms with van der Waals surface area (Å²) in [4.78, 5) is 16.7. The summed E-state index contributed by atoms with van der Waals surface area (Å²) in [6.07, 6.45) is 2.86. The maximum Gasteiger partial charge on any atom is 0.293 e. The molecule has 4 rings (SSSR count). The Morgan fingerprint density at radius 1 is 1.24 bits per heavy atom. The molecule has 1 N–H and O–H groups in total. The van der Waals surface area contributed by atoms with Gasteiger partial charge < -0.3 is 19.0 Å². The summed E-state index contributed by atoms with van der Waals surface area (Å²) in [6.45, 7) is 0.738. The Labute approximate surface area is 144 Å². The summed E-state index contributed by atoms with van der Waals surface area (Å²) in [5.41, 5.74) is 1.06. The number of ether oxygens (including phenoxy) is 1. The van der Waals surface area contributed by atoms with Gasteiger partial charge in [0.1, 0.15) is 5.75 Å². The first-order chi connectivity index (χ1) is 12.3. The van der Waals surface area contributed by atoms with Crippen molar-refractivity contribution < 1.29 is 18.5 Å². The molecule has 0 bridgehead atoms. The van der Waals surface area contributed by atoms with Crippen LogP contribution in [0.25, 0.3) is 11.7 Å². The maximum atomic E-state index is 12.5. The Morgan fingerprint density at radius 3 is 3.04 bits per heavy atom. The summed E-state index contributed by atoms with van der Waals surface area (Å²) in [5.74, 6) is 1.89. The highest BCUT2D eigenvalue weighted by Crippen LogP contribution is 2.26. The lowest BCUT2D eigenvalue weighted by atomic mass is 9.96. The second-order valence-corrected chi connectivity index (χ2v) is 5.86. The fourth-order valence-electron chi connectivity index (χ4n) is 2.85. The molecule has 7 heteroatoms. The molecule has 1 aromatic carbocycles. The highest BCUT2D eigenvalue weighted by Gasteiger charge is 2.24. The molecule has 1 atom stereocenters. The molecule has 0 unspecified atom stereocenters. The monoisotopic (exact) mass is 339 g/mol. The number of para-hydroxylation sites is 1. The van der Waals surface area contributed by atoms with E-state index >= 15 is 0 Å². The standard InChI is InChI=1S/C18H17N3O4/c22-17(13-7-9-24-14-5-2-1-4-12(14)10-13)19-11-16-20-18(25-21-16)15-6-3-8-23-15/h1-6,8,13H,7,9-11H2,(H,19,22)/t13-/m0/s1. The second-order valence-electron chi connectivity index (χ2n) is 5.86. The summed E-state index contributed by atoms with van der Waals surface area (Å²) in [7, 11) is 0. The fourth-order valence-corrected chi connectivity index (χ4v) is 2.85. The zero-order valence-corrected chi connectivity index (χ0v) is 13.5. The Hall–Kier alpha value is -3.09. The number of fused-ring (bicyclic) bond motifs is 1. The predicted molar refractivity (Wildman–Crippen MR) is 87.6 cm³/mol. The largest absolute Gasteiger partial charge is 0.493 e. The van der Waals surface area contributed by atoms with E-state index in [1.807, 2.05) is 24.3 Å². The number of nitrogens with one attached hydrogen (secondary N) is 1. The molecule has 1 aliphatic rings. The SMILES string of the molecule is O=C(NCc1noc(-c2ccco2)n1)[C@H]1CCOc2ccccc2C1. The number of hydrogen-bond acceptors (Lipinski definition) is 6. The van der Waals surface area contributed by atoms with Crippen LogP contribution in [0.1, 0.15) is 17.8 Å². The lowest BCUT2D eigenvalue weighted by molar-refractivity contribution is -0.125. The van der Waals surface area contributed by atoms with Crippen LogP contribution in [-0.2, 0) is 17.8 Å². The molecule has 1 aliphatic heterocycles. The highest BCUT2D eigenvalue weighted by molar-refractivity contribution is 5.79. The van der Waals surface area contributed by atoms with Crippen molar-refractivity contribution in [1.82, 2.24) is 15.5 Å². The van der Waals surface area contributed by atoms with Gasteiger partial charge in [-0.2, -0.15) is 4.98 Å². The topological polar surface area (TPSA) is 90.4 Å². The third-order valence-electron chi connectivity index (χ3n) is 4.15. The number of nitrogens with zero attached hydrogens (tertiary/aromatic N) is 2. The molecular weight excluding hydrogens is 322 g/mol. The van der Waals surface area contributed by atoms with Gasteiger partial charge in [-0.1, -0.05) is 23.4 Å². The van der Waals surface area contributed by atoms with Crippen LogP contribution in [0.15, 0.2) is 51.6 Å². The Kier molecular flexibility index (Phi) is 4.20. The smallest absolute Gasteiger partial charge is 0.293 e. The van der Waals surface area contributed by atoms with Crippen molar-refractivity contribution in [3.05, 3.63) is 54.0 Å². The van der Waals surface area contributed by atoms with Crippen molar-refractivity contribution in [2.45, 2.75) is 19.4 Å². The molecule has 0 fully saturated rings. The van der Waals surface area contributed by atoms with Gasteiger partial charge in [0.15, 0.2) is 11.6 Å². The maximum absolute atomic E-state index is 12.5. The van der Waals surface area contributed by atoms with Crippen molar-refractivity contribution in [2.75, 3.05) is 6.61 Å². The van der Waals surface area contributed by atoms with E-state index in [0.29, 0.717) is 36.9 Å². The highest BCUT2D eigenvalue weighted by atomic mass is 16.5. The lowest BCUT2D eigenvalue weighted by Crippen LogP contribution is -2.32. The summed E-state index contributed by atoms with van der Waals surface area (Å²) >= 11 is 0. The van der Waals surface area contributed by atoms with Crippen LogP contribution in [0.2, 0.25) is 0 Å². The molecule has 7 nitrogen and oxygen atoms in total. The number of benzene rings is 1. The average molecular weight is 339 g/mol. The van der Waals surface area contributed by atoms with Gasteiger partial charge in [0.25, 0.3) is 5.89 Å². The van der Waals surface area contributed by atoms with Gasteiger partial charge in [-0.25, -0.2) is 0 Å². The number of amides is 1. The average Bonchev–Trinajstić information content (AvgIpc) is 3.27. The van der Waals surface area contributed by atoms with Gasteiger partial charge in [-0.15, -0.1) is 0 Å². The van der Waals surface area contributed by atoms with Crippen LogP contribution in [-0.4, -0.2) is 22.7 Å². The minimum atomic E-state index is -0.139. The molecule has 3 heterocycles. The fraction of sp³-hybridized carbons (Fsp3) is 0.278. The lowest BCUT2D eigenvalue weighted by Gasteiger charge is -2.12. The van der Waals surface area contributed by atoms with Gasteiger partial charge in [0, 0.05) is 5.92 Å². The second kappa shape index (κ2) is 6.80. The normalized spacial score (nSPS) is 16.6. The first-order valence-electron chi connectivity index (χ1n) is 8.14. The van der Waals surface area contributed by atoms with Gasteiger partial charge >= 0.3 is 0 Å². The number of rotatable bonds is 4. The van der Waals surface area contributed by atoms with E-state index in [1.54, 1.807) is 12.1 Å². The van der Waals surface area contributed by atoms with Crippen molar-refractivity contribution in [2.24, 2.45) is 5.92 Å². The van der Waals surface area contributed by atoms with Crippen molar-refractivity contribution in [3.8, 4) is 17.4 Å². The van der Waals surface area contributed by atoms with Crippen molar-refractivity contribution in [3.63, 3.8) is 0 Å². The van der Waals surface area contributed by atoms with Crippen molar-refractivity contribution in [1.29, 1.82) is 0 Å². The zero-order valence-electron chi connectivity index (χ0n) is 13.5. The van der Waals surface area contributed by atoms with Crippen LogP contribution in [0.5, 0.6) is 5.75 Å². The molecule has 0 aliphatic carbocycles. The van der Waals surface area contributed by atoms with E-state index in [4.69, 9.17) is 13.7 Å². The molecule has 25 heavy (non-hydrogen) atoms. The van der Waals surface area contributed by atoms with E-state index in [2.05, 4.69) is 15.5 Å². The Morgan fingerprint density at radius 2 is 2.16 bits per heavy atom. The minimum absolute atomic E-state index is 0.0374. The van der Waals surface area contributed by atoms with Crippen LogP contribution in [0.3, 0.4) is 0 Å². The molecular formula is C18H17N3O4. The van der Waals surface area contributed by atoms with Gasteiger partial charge in [-0.05, 0) is 36.6 Å². The van der Waals surface area contributed by atoms with E-state index in [9.17, 15) is 4.79 Å². The third-order valence-corrected chi connectivity index (χ3v) is 4.15. The van der Waals surface area contributed by atoms with Crippen LogP contribution in [0, 0.1) is 5.92 Å². The van der Waals surface area contributed by atoms with Crippen LogP contribution >= 0.6 is 0 Å². The molecule has 0 spiro atoms. The molecule has 0 saturated carbocycles. The van der Waals surface area contributed by atoms with E-state index < -0.39 is 0 Å². The summed E-state index contributed by atoms with van der Waals surface area (Å²) in [6, 6.07) is 11.3. The predicted octanol–water partition coefficient (Wildman–Crippen LogP) is 2.59. The van der Waals surface area contributed by atoms with Gasteiger partial charge in [0.05, 0.1) is 19.4 Å². The molecule has 2 aromatic heterocycles. The van der Waals surface area contributed by atoms with Gasteiger partial charge in [0.2, 0.25) is 5.91 Å². The molecule has 3 aromatic rings. The Bertz CT molecular complexity index is 857. The zero-order chi connectivity index (χ0) is 17.1. The number of aromatic nitrogens is 2. The van der Waals surface area contributed by atoms with Crippen molar-refractivity contribution >= 4 is 5.91 Å². The molecule has 0 radical (unpaired) electrons. The van der Waals surface area contributed by atoms with Crippen LogP contribution in [0.4, 0.5) is 0 Å². The first-order valence-corrected chi connectivity index (χ1v) is 8.14. The molecule has 128 valence electrons. The summed E-state index contributed by atoms with van der Waals surface area (Å²) in [5, 5.41) is 6.73. The first kappa shape index (κ1) is 15.4. The quantitative estimate of drug-likeness (QED) is 0.786. The van der Waals surface area contributed by atoms with Crippen LogP contribution < -0.4 is 10.1 Å². The van der Waals surface area contributed by atoms with E-state index in [1.165, 1.54) is 6.26 Å². The van der Waals surface area contributed by atoms with E-state index in [0.717, 1.165) is 11.3 Å². The molecule has 0 saturated heterocycles. The number of furan rings is 1. The number of hydrogen-bond donors (Lipinski definition) is 1. The molecule has 1 amide bonds. The minimum Gasteiger partial charge on any atom is -0.493 e. The number of carbonyl (C=O) groups is 1. The van der Waals surface area contributed by atoms with Gasteiger partial charge in [-0.3, -0.25) is 4.79 Å². The third kappa shape index (κ3) is 3.40. The van der Waals surface area contributed by atoms with E-state index in [-0.39, 0.29) is 18.4 Å².